The number of aromatic nitrogens is 3. The molecule has 5 aliphatic rings. The number of ether oxygens (including phenoxy) is 2. The first-order chi connectivity index (χ1) is 24.6. The summed E-state index contributed by atoms with van der Waals surface area (Å²) in [5, 5.41) is 4.57. The first-order valence-corrected chi connectivity index (χ1v) is 19.2. The molecule has 1 aliphatic heterocycles. The summed E-state index contributed by atoms with van der Waals surface area (Å²) in [7, 11) is 3.82. The van der Waals surface area contributed by atoms with Gasteiger partial charge in [0.15, 0.2) is 0 Å². The number of hydrogen-bond donors (Lipinski definition) is 0. The van der Waals surface area contributed by atoms with Gasteiger partial charge in [0.25, 0.3) is 0 Å². The van der Waals surface area contributed by atoms with Crippen molar-refractivity contribution in [2.24, 2.45) is 11.3 Å². The van der Waals surface area contributed by atoms with Gasteiger partial charge < -0.3 is 19.3 Å². The van der Waals surface area contributed by atoms with Crippen LogP contribution in [0.1, 0.15) is 95.2 Å². The summed E-state index contributed by atoms with van der Waals surface area (Å²) in [6.45, 7) is 10.2. The van der Waals surface area contributed by atoms with Crippen molar-refractivity contribution < 1.29 is 19.1 Å². The predicted molar refractivity (Wildman–Crippen MR) is 199 cm³/mol. The molecule has 1 aromatic carbocycles. The van der Waals surface area contributed by atoms with Gasteiger partial charge in [0.1, 0.15) is 17.7 Å². The fourth-order valence-electron chi connectivity index (χ4n) is 9.12. The highest BCUT2D eigenvalue weighted by atomic mass is 16.6. The Morgan fingerprint density at radius 3 is 2.27 bits per heavy atom. The van der Waals surface area contributed by atoms with Gasteiger partial charge in [-0.15, -0.1) is 0 Å². The number of fused-ring (bicyclic) bond motifs is 3. The van der Waals surface area contributed by atoms with Crippen LogP contribution < -0.4 is 9.64 Å². The van der Waals surface area contributed by atoms with E-state index in [9.17, 15) is 9.59 Å². The maximum absolute atomic E-state index is 14.7. The molecule has 3 aromatic rings. The second-order valence-electron chi connectivity index (χ2n) is 16.2. The molecule has 2 bridgehead atoms. The summed E-state index contributed by atoms with van der Waals surface area (Å²) in [5.41, 5.74) is 4.93. The van der Waals surface area contributed by atoms with Gasteiger partial charge in [0, 0.05) is 62.6 Å². The number of rotatable bonds is 9. The first-order valence-electron chi connectivity index (χ1n) is 19.2. The minimum Gasteiger partial charge on any atom is -0.496 e. The summed E-state index contributed by atoms with van der Waals surface area (Å²) >= 11 is 0. The maximum atomic E-state index is 14.7. The molecule has 3 heterocycles. The molecule has 4 saturated carbocycles. The Hall–Kier alpha value is -3.92. The number of piperazine rings is 1. The molecule has 0 N–H and O–H groups in total. The van der Waals surface area contributed by atoms with Crippen molar-refractivity contribution >= 4 is 17.8 Å². The summed E-state index contributed by atoms with van der Waals surface area (Å²) in [6, 6.07) is 11.1. The standard InChI is InChI=1S/C41H56N6O4/c1-29(2)47-27-33(26-43-47)32-12-19-42-37(25-32)46(38(48)31-6-9-35(10-7-31)51-39(49)45-22-20-44(4)21-23-45)28-40-13-16-41(17-14-40,18-15-40)34-8-11-36(50-5)30(3)24-34/h8,11-12,19,24-27,29,31,35H,6-7,9-10,13-18,20-23,28H2,1-5H3. The number of hydrogen-bond acceptors (Lipinski definition) is 7. The van der Waals surface area contributed by atoms with Crippen LogP contribution in [-0.4, -0.2) is 89.5 Å². The monoisotopic (exact) mass is 696 g/mol. The fourth-order valence-corrected chi connectivity index (χ4v) is 9.12. The number of amides is 2. The number of carbonyl (C=O) groups is 2. The van der Waals surface area contributed by atoms with Crippen LogP contribution in [0.4, 0.5) is 10.6 Å². The Morgan fingerprint density at radius 1 is 0.941 bits per heavy atom. The van der Waals surface area contributed by atoms with E-state index < -0.39 is 0 Å². The topological polar surface area (TPSA) is 93.0 Å². The van der Waals surface area contributed by atoms with Gasteiger partial charge in [-0.3, -0.25) is 14.4 Å². The van der Waals surface area contributed by atoms with Crippen molar-refractivity contribution in [1.29, 1.82) is 0 Å². The van der Waals surface area contributed by atoms with Gasteiger partial charge in [0.2, 0.25) is 5.91 Å². The molecule has 2 aromatic heterocycles. The lowest BCUT2D eigenvalue weighted by Gasteiger charge is -2.55. The van der Waals surface area contributed by atoms with Crippen molar-refractivity contribution in [1.82, 2.24) is 24.6 Å². The van der Waals surface area contributed by atoms with Crippen molar-refractivity contribution in [3.8, 4) is 16.9 Å². The van der Waals surface area contributed by atoms with Gasteiger partial charge in [0.05, 0.1) is 13.3 Å². The molecule has 274 valence electrons. The minimum absolute atomic E-state index is 0.0639. The molecule has 0 atom stereocenters. The third-order valence-electron chi connectivity index (χ3n) is 12.7. The Labute approximate surface area is 303 Å². The largest absolute Gasteiger partial charge is 0.496 e. The Morgan fingerprint density at radius 2 is 1.65 bits per heavy atom. The molecule has 51 heavy (non-hydrogen) atoms. The van der Waals surface area contributed by atoms with E-state index in [-0.39, 0.29) is 40.9 Å². The Bertz CT molecular complexity index is 1680. The lowest BCUT2D eigenvalue weighted by Crippen LogP contribution is -2.52. The molecule has 8 rings (SSSR count). The van der Waals surface area contributed by atoms with E-state index in [0.717, 1.165) is 74.3 Å². The smallest absolute Gasteiger partial charge is 0.410 e. The molecule has 0 unspecified atom stereocenters. The molecule has 4 aliphatic carbocycles. The van der Waals surface area contributed by atoms with Crippen LogP contribution in [0.15, 0.2) is 48.9 Å². The summed E-state index contributed by atoms with van der Waals surface area (Å²) in [5.74, 6) is 1.70. The molecular weight excluding hydrogens is 640 g/mol. The lowest BCUT2D eigenvalue weighted by molar-refractivity contribution is -0.124. The second-order valence-corrected chi connectivity index (χ2v) is 16.2. The maximum Gasteiger partial charge on any atom is 0.410 e. The summed E-state index contributed by atoms with van der Waals surface area (Å²) < 4.78 is 13.5. The van der Waals surface area contributed by atoms with E-state index in [2.05, 4.69) is 68.3 Å². The molecular formula is C41H56N6O4. The normalized spacial score (nSPS) is 26.7. The van der Waals surface area contributed by atoms with Crippen LogP contribution in [0, 0.1) is 18.3 Å². The predicted octanol–water partition coefficient (Wildman–Crippen LogP) is 7.41. The molecule has 10 nitrogen and oxygen atoms in total. The van der Waals surface area contributed by atoms with E-state index in [1.54, 1.807) is 7.11 Å². The van der Waals surface area contributed by atoms with E-state index >= 15 is 0 Å². The average Bonchev–Trinajstić information content (AvgIpc) is 3.66. The van der Waals surface area contributed by atoms with Crippen LogP contribution >= 0.6 is 0 Å². The van der Waals surface area contributed by atoms with Gasteiger partial charge in [-0.1, -0.05) is 12.1 Å². The summed E-state index contributed by atoms with van der Waals surface area (Å²) in [6.07, 6.45) is 15.0. The lowest BCUT2D eigenvalue weighted by atomic mass is 9.51. The van der Waals surface area contributed by atoms with Crippen LogP contribution in [0.5, 0.6) is 5.75 Å². The van der Waals surface area contributed by atoms with Crippen LogP contribution in [0.3, 0.4) is 0 Å². The first kappa shape index (κ1) is 35.5. The number of benzene rings is 1. The number of carbonyl (C=O) groups excluding carboxylic acids is 2. The van der Waals surface area contributed by atoms with Gasteiger partial charge in [-0.25, -0.2) is 9.78 Å². The summed E-state index contributed by atoms with van der Waals surface area (Å²) in [4.78, 5) is 38.6. The van der Waals surface area contributed by atoms with Crippen molar-refractivity contribution in [2.75, 3.05) is 51.8 Å². The van der Waals surface area contributed by atoms with E-state index in [0.29, 0.717) is 45.3 Å². The Balaban J connectivity index is 1.08. The van der Waals surface area contributed by atoms with Crippen molar-refractivity contribution in [3.63, 3.8) is 0 Å². The minimum atomic E-state index is -0.212. The van der Waals surface area contributed by atoms with Crippen LogP contribution in [0.2, 0.25) is 0 Å². The molecule has 2 amide bonds. The molecule has 5 fully saturated rings. The third kappa shape index (κ3) is 7.39. The van der Waals surface area contributed by atoms with Gasteiger partial charge >= 0.3 is 6.09 Å². The highest BCUT2D eigenvalue weighted by Crippen LogP contribution is 2.58. The quantitative estimate of drug-likeness (QED) is 0.230. The Kier molecular flexibility index (Phi) is 10.2. The van der Waals surface area contributed by atoms with E-state index in [4.69, 9.17) is 14.5 Å². The van der Waals surface area contributed by atoms with Gasteiger partial charge in [-0.2, -0.15) is 5.10 Å². The number of aryl methyl sites for hydroxylation is 1. The average molecular weight is 697 g/mol. The van der Waals surface area contributed by atoms with E-state index in [1.165, 1.54) is 11.1 Å². The second kappa shape index (κ2) is 14.6. The number of methoxy groups -OCH3 is 1. The molecule has 10 heteroatoms. The fraction of sp³-hybridized carbons (Fsp3) is 0.610. The third-order valence-corrected chi connectivity index (χ3v) is 12.7. The number of pyridine rings is 1. The zero-order valence-electron chi connectivity index (χ0n) is 31.3. The zero-order valence-corrected chi connectivity index (χ0v) is 31.3. The van der Waals surface area contributed by atoms with Crippen LogP contribution in [-0.2, 0) is 14.9 Å². The van der Waals surface area contributed by atoms with Crippen LogP contribution in [0.25, 0.3) is 11.1 Å². The SMILES string of the molecule is COc1ccc(C23CCC(CN(C(=O)C4CCC(OC(=O)N5CCN(C)CC5)CC4)c4cc(-c5cnn(C(C)C)c5)ccn4)(CC2)CC3)cc1C. The number of likely N-dealkylation sites (N-methyl/N-ethyl adjacent to an activating group) is 1. The number of nitrogens with zero attached hydrogens (tertiary/aromatic N) is 6. The highest BCUT2D eigenvalue weighted by Gasteiger charge is 2.51. The van der Waals surface area contributed by atoms with E-state index in [1.807, 2.05) is 32.9 Å². The van der Waals surface area contributed by atoms with Crippen molar-refractivity contribution in [2.45, 2.75) is 103 Å². The highest BCUT2D eigenvalue weighted by molar-refractivity contribution is 5.95. The molecule has 0 radical (unpaired) electrons. The van der Waals surface area contributed by atoms with Gasteiger partial charge in [-0.05, 0) is 138 Å². The molecule has 0 spiro atoms. The number of anilines is 1. The zero-order chi connectivity index (χ0) is 35.8. The van der Waals surface area contributed by atoms with Crippen molar-refractivity contribution in [3.05, 3.63) is 60.0 Å². The molecule has 1 saturated heterocycles.